The fourth-order valence-electron chi connectivity index (χ4n) is 1.51. The van der Waals surface area contributed by atoms with Gasteiger partial charge >= 0.3 is 0 Å². The summed E-state index contributed by atoms with van der Waals surface area (Å²) in [4.78, 5) is 0. The molecule has 90 valence electrons. The molecule has 1 aromatic carbocycles. The Morgan fingerprint density at radius 2 is 1.88 bits per heavy atom. The van der Waals surface area contributed by atoms with Crippen LogP contribution in [0.5, 0.6) is 5.75 Å². The van der Waals surface area contributed by atoms with Crippen LogP contribution < -0.4 is 16.2 Å². The van der Waals surface area contributed by atoms with Gasteiger partial charge in [0.2, 0.25) is 0 Å². The van der Waals surface area contributed by atoms with E-state index in [1.807, 2.05) is 0 Å². The van der Waals surface area contributed by atoms with Gasteiger partial charge in [-0.15, -0.1) is 0 Å². The van der Waals surface area contributed by atoms with Crippen LogP contribution in [0.3, 0.4) is 0 Å². The number of ether oxygens (including phenoxy) is 1. The predicted molar refractivity (Wildman–Crippen MR) is 58.1 cm³/mol. The van der Waals surface area contributed by atoms with E-state index in [0.717, 1.165) is 12.1 Å². The van der Waals surface area contributed by atoms with Crippen molar-refractivity contribution in [2.24, 2.45) is 11.5 Å². The summed E-state index contributed by atoms with van der Waals surface area (Å²) < 4.78 is 31.6. The molecule has 0 aromatic heterocycles. The maximum Gasteiger partial charge on any atom is 0.165 e. The molecule has 1 rings (SSSR count). The number of halogens is 2. The molecule has 2 unspecified atom stereocenters. The lowest BCUT2D eigenvalue weighted by Crippen LogP contribution is -2.24. The minimum Gasteiger partial charge on any atom is -0.494 e. The van der Waals surface area contributed by atoms with Crippen molar-refractivity contribution in [3.05, 3.63) is 29.3 Å². The quantitative estimate of drug-likeness (QED) is 0.827. The Bertz CT molecular complexity index is 369. The van der Waals surface area contributed by atoms with Crippen molar-refractivity contribution in [1.29, 1.82) is 0 Å². The molecule has 0 fully saturated rings. The molecule has 0 heterocycles. The molecule has 0 saturated heterocycles. The lowest BCUT2D eigenvalue weighted by molar-refractivity contribution is 0.380. The lowest BCUT2D eigenvalue weighted by Gasteiger charge is -2.16. The highest BCUT2D eigenvalue weighted by molar-refractivity contribution is 5.32. The number of benzene rings is 1. The second-order valence-corrected chi connectivity index (χ2v) is 3.83. The highest BCUT2D eigenvalue weighted by atomic mass is 19.1. The van der Waals surface area contributed by atoms with Gasteiger partial charge in [-0.3, -0.25) is 0 Å². The molecule has 0 aliphatic heterocycles. The number of nitrogens with two attached hydrogens (primary N) is 2. The molecular formula is C11H16F2N2O. The first-order valence-corrected chi connectivity index (χ1v) is 4.99. The average Bonchev–Trinajstić information content (AvgIpc) is 2.19. The van der Waals surface area contributed by atoms with E-state index in [-0.39, 0.29) is 17.4 Å². The van der Waals surface area contributed by atoms with Gasteiger partial charge in [0.1, 0.15) is 5.82 Å². The maximum absolute atomic E-state index is 13.6. The van der Waals surface area contributed by atoms with E-state index in [9.17, 15) is 8.78 Å². The summed E-state index contributed by atoms with van der Waals surface area (Å²) in [5.41, 5.74) is 11.4. The van der Waals surface area contributed by atoms with Crippen molar-refractivity contribution in [2.45, 2.75) is 25.4 Å². The first-order valence-electron chi connectivity index (χ1n) is 4.99. The third-order valence-corrected chi connectivity index (χ3v) is 2.30. The van der Waals surface area contributed by atoms with Crippen LogP contribution in [0.25, 0.3) is 0 Å². The molecule has 0 bridgehead atoms. The number of hydrogen-bond acceptors (Lipinski definition) is 3. The third kappa shape index (κ3) is 2.90. The summed E-state index contributed by atoms with van der Waals surface area (Å²) in [5.74, 6) is -1.33. The van der Waals surface area contributed by atoms with Crippen LogP contribution in [0.2, 0.25) is 0 Å². The van der Waals surface area contributed by atoms with Gasteiger partial charge in [-0.25, -0.2) is 8.78 Å². The molecule has 0 aliphatic carbocycles. The van der Waals surface area contributed by atoms with Gasteiger partial charge in [-0.2, -0.15) is 0 Å². The molecule has 5 heteroatoms. The number of rotatable bonds is 4. The molecule has 0 spiro atoms. The standard InChI is InChI=1S/C11H16F2N2O/c1-6(14)3-10(15)7-4-9(13)11(16-2)5-8(7)12/h4-6,10H,3,14-15H2,1-2H3. The summed E-state index contributed by atoms with van der Waals surface area (Å²) in [7, 11) is 1.28. The van der Waals surface area contributed by atoms with Gasteiger partial charge in [-0.1, -0.05) is 0 Å². The summed E-state index contributed by atoms with van der Waals surface area (Å²) in [6, 6.07) is 1.27. The molecule has 16 heavy (non-hydrogen) atoms. The Morgan fingerprint density at radius 1 is 1.25 bits per heavy atom. The van der Waals surface area contributed by atoms with Crippen molar-refractivity contribution in [3.8, 4) is 5.75 Å². The molecule has 0 aliphatic rings. The summed E-state index contributed by atoms with van der Waals surface area (Å²) in [6.07, 6.45) is 0.392. The van der Waals surface area contributed by atoms with E-state index in [1.54, 1.807) is 6.92 Å². The first-order chi connectivity index (χ1) is 7.45. The van der Waals surface area contributed by atoms with Gasteiger partial charge in [-0.05, 0) is 19.4 Å². The van der Waals surface area contributed by atoms with Crippen LogP contribution in [-0.4, -0.2) is 13.2 Å². The second-order valence-electron chi connectivity index (χ2n) is 3.83. The number of hydrogen-bond donors (Lipinski definition) is 2. The Hall–Kier alpha value is -1.20. The van der Waals surface area contributed by atoms with E-state index < -0.39 is 17.7 Å². The Labute approximate surface area is 93.4 Å². The lowest BCUT2D eigenvalue weighted by atomic mass is 10.0. The molecule has 0 radical (unpaired) electrons. The molecule has 3 nitrogen and oxygen atoms in total. The van der Waals surface area contributed by atoms with Crippen molar-refractivity contribution in [2.75, 3.05) is 7.11 Å². The predicted octanol–water partition coefficient (Wildman–Crippen LogP) is 1.71. The van der Waals surface area contributed by atoms with Gasteiger partial charge in [0.25, 0.3) is 0 Å². The van der Waals surface area contributed by atoms with Gasteiger partial charge in [0, 0.05) is 23.7 Å². The van der Waals surface area contributed by atoms with Crippen LogP contribution >= 0.6 is 0 Å². The summed E-state index contributed by atoms with van der Waals surface area (Å²) in [6.45, 7) is 1.76. The van der Waals surface area contributed by atoms with Crippen LogP contribution in [0.15, 0.2) is 12.1 Å². The zero-order valence-electron chi connectivity index (χ0n) is 9.34. The monoisotopic (exact) mass is 230 g/mol. The summed E-state index contributed by atoms with van der Waals surface area (Å²) in [5, 5.41) is 0. The average molecular weight is 230 g/mol. The Balaban J connectivity index is 3.01. The molecule has 0 amide bonds. The largest absolute Gasteiger partial charge is 0.494 e. The van der Waals surface area contributed by atoms with Crippen LogP contribution in [0.1, 0.15) is 24.9 Å². The van der Waals surface area contributed by atoms with Crippen LogP contribution in [0, 0.1) is 11.6 Å². The highest BCUT2D eigenvalue weighted by Gasteiger charge is 2.17. The third-order valence-electron chi connectivity index (χ3n) is 2.30. The minimum absolute atomic E-state index is 0.121. The van der Waals surface area contributed by atoms with Gasteiger partial charge in [0.15, 0.2) is 11.6 Å². The zero-order chi connectivity index (χ0) is 12.3. The van der Waals surface area contributed by atoms with E-state index in [2.05, 4.69) is 4.74 Å². The fourth-order valence-corrected chi connectivity index (χ4v) is 1.51. The smallest absolute Gasteiger partial charge is 0.165 e. The van der Waals surface area contributed by atoms with Crippen molar-refractivity contribution in [3.63, 3.8) is 0 Å². The van der Waals surface area contributed by atoms with Crippen molar-refractivity contribution < 1.29 is 13.5 Å². The molecular weight excluding hydrogens is 214 g/mol. The molecule has 0 saturated carbocycles. The van der Waals surface area contributed by atoms with Crippen molar-refractivity contribution >= 4 is 0 Å². The minimum atomic E-state index is -0.626. The van der Waals surface area contributed by atoms with Gasteiger partial charge < -0.3 is 16.2 Å². The topological polar surface area (TPSA) is 61.3 Å². The maximum atomic E-state index is 13.6. The second kappa shape index (κ2) is 5.23. The zero-order valence-corrected chi connectivity index (χ0v) is 9.34. The van der Waals surface area contributed by atoms with Crippen LogP contribution in [0.4, 0.5) is 8.78 Å². The van der Waals surface area contributed by atoms with E-state index in [1.165, 1.54) is 7.11 Å². The van der Waals surface area contributed by atoms with E-state index in [0.29, 0.717) is 6.42 Å². The highest BCUT2D eigenvalue weighted by Crippen LogP contribution is 2.26. The SMILES string of the molecule is COc1cc(F)c(C(N)CC(C)N)cc1F. The van der Waals surface area contributed by atoms with E-state index in [4.69, 9.17) is 11.5 Å². The number of methoxy groups -OCH3 is 1. The fraction of sp³-hybridized carbons (Fsp3) is 0.455. The molecule has 4 N–H and O–H groups in total. The summed E-state index contributed by atoms with van der Waals surface area (Å²) >= 11 is 0. The Morgan fingerprint density at radius 3 is 2.38 bits per heavy atom. The van der Waals surface area contributed by atoms with E-state index >= 15 is 0 Å². The van der Waals surface area contributed by atoms with Crippen LogP contribution in [-0.2, 0) is 0 Å². The Kier molecular flexibility index (Phi) is 4.20. The molecule has 2 atom stereocenters. The first kappa shape index (κ1) is 12.9. The molecule has 1 aromatic rings. The van der Waals surface area contributed by atoms with Crippen molar-refractivity contribution in [1.82, 2.24) is 0 Å². The van der Waals surface area contributed by atoms with Gasteiger partial charge in [0.05, 0.1) is 7.11 Å². The normalized spacial score (nSPS) is 14.6.